The molecule has 0 amide bonds. The zero-order valence-electron chi connectivity index (χ0n) is 13.9. The van der Waals surface area contributed by atoms with E-state index in [0.717, 1.165) is 17.1 Å². The van der Waals surface area contributed by atoms with Crippen molar-refractivity contribution in [3.05, 3.63) is 85.2 Å². The zero-order chi connectivity index (χ0) is 17.6. The van der Waals surface area contributed by atoms with Crippen molar-refractivity contribution in [2.45, 2.75) is 6.61 Å². The van der Waals surface area contributed by atoms with E-state index in [-0.39, 0.29) is 0 Å². The van der Waals surface area contributed by atoms with Crippen LogP contribution >= 0.6 is 0 Å². The average molecular weight is 344 g/mol. The SMILES string of the molecule is c1ccc(COc2ccccc2Nc2ccc(-n3ccnc3)nn2)nc1. The van der Waals surface area contributed by atoms with Crippen molar-refractivity contribution >= 4 is 11.5 Å². The Bertz CT molecular complexity index is 955. The van der Waals surface area contributed by atoms with Crippen LogP contribution in [0.5, 0.6) is 5.75 Å². The van der Waals surface area contributed by atoms with Gasteiger partial charge < -0.3 is 10.1 Å². The van der Waals surface area contributed by atoms with E-state index in [2.05, 4.69) is 25.5 Å². The van der Waals surface area contributed by atoms with Crippen LogP contribution < -0.4 is 10.1 Å². The Kier molecular flexibility index (Phi) is 4.51. The second kappa shape index (κ2) is 7.43. The van der Waals surface area contributed by atoms with Gasteiger partial charge in [-0.2, -0.15) is 0 Å². The summed E-state index contributed by atoms with van der Waals surface area (Å²) in [6.45, 7) is 0.394. The van der Waals surface area contributed by atoms with Crippen molar-refractivity contribution in [3.63, 3.8) is 0 Å². The number of imidazole rings is 1. The lowest BCUT2D eigenvalue weighted by Gasteiger charge is -2.12. The highest BCUT2D eigenvalue weighted by Gasteiger charge is 2.06. The minimum atomic E-state index is 0.394. The quantitative estimate of drug-likeness (QED) is 0.578. The van der Waals surface area contributed by atoms with E-state index in [4.69, 9.17) is 4.74 Å². The number of nitrogens with one attached hydrogen (secondary N) is 1. The van der Waals surface area contributed by atoms with Crippen molar-refractivity contribution in [1.82, 2.24) is 24.7 Å². The first-order chi connectivity index (χ1) is 12.9. The van der Waals surface area contributed by atoms with Crippen LogP contribution in [0.4, 0.5) is 11.5 Å². The monoisotopic (exact) mass is 344 g/mol. The van der Waals surface area contributed by atoms with Gasteiger partial charge >= 0.3 is 0 Å². The maximum absolute atomic E-state index is 5.89. The molecule has 7 heteroatoms. The summed E-state index contributed by atoms with van der Waals surface area (Å²) in [5.41, 5.74) is 1.68. The molecule has 128 valence electrons. The average Bonchev–Trinajstić information content (AvgIpc) is 3.24. The summed E-state index contributed by atoms with van der Waals surface area (Å²) in [5, 5.41) is 11.6. The lowest BCUT2D eigenvalue weighted by molar-refractivity contribution is 0.303. The largest absolute Gasteiger partial charge is 0.485 e. The lowest BCUT2D eigenvalue weighted by atomic mass is 10.3. The van der Waals surface area contributed by atoms with Gasteiger partial charge in [-0.05, 0) is 36.4 Å². The van der Waals surface area contributed by atoms with E-state index in [1.54, 1.807) is 23.3 Å². The Balaban J connectivity index is 1.48. The van der Waals surface area contributed by atoms with Crippen LogP contribution in [0.3, 0.4) is 0 Å². The van der Waals surface area contributed by atoms with E-state index in [1.807, 2.05) is 60.8 Å². The van der Waals surface area contributed by atoms with Gasteiger partial charge in [0.25, 0.3) is 0 Å². The molecule has 0 saturated heterocycles. The maximum atomic E-state index is 5.89. The molecule has 0 aliphatic rings. The third kappa shape index (κ3) is 3.67. The van der Waals surface area contributed by atoms with Gasteiger partial charge in [-0.1, -0.05) is 18.2 Å². The van der Waals surface area contributed by atoms with Crippen LogP contribution in [0.2, 0.25) is 0 Å². The number of pyridine rings is 1. The van der Waals surface area contributed by atoms with E-state index in [0.29, 0.717) is 18.2 Å². The molecule has 0 aliphatic carbocycles. The third-order valence-corrected chi connectivity index (χ3v) is 3.67. The molecule has 7 nitrogen and oxygen atoms in total. The van der Waals surface area contributed by atoms with Crippen LogP contribution in [-0.4, -0.2) is 24.7 Å². The topological polar surface area (TPSA) is 77.8 Å². The Morgan fingerprint density at radius 1 is 0.923 bits per heavy atom. The molecule has 4 rings (SSSR count). The Morgan fingerprint density at radius 2 is 1.85 bits per heavy atom. The molecule has 26 heavy (non-hydrogen) atoms. The molecular weight excluding hydrogens is 328 g/mol. The van der Waals surface area contributed by atoms with E-state index in [9.17, 15) is 0 Å². The Hall–Kier alpha value is -3.74. The molecule has 0 radical (unpaired) electrons. The molecular formula is C19H16N6O. The molecule has 0 atom stereocenters. The van der Waals surface area contributed by atoms with Gasteiger partial charge in [-0.25, -0.2) is 4.98 Å². The van der Waals surface area contributed by atoms with Crippen molar-refractivity contribution in [3.8, 4) is 11.6 Å². The lowest BCUT2D eigenvalue weighted by Crippen LogP contribution is -2.03. The third-order valence-electron chi connectivity index (χ3n) is 3.67. The first-order valence-electron chi connectivity index (χ1n) is 8.09. The fourth-order valence-electron chi connectivity index (χ4n) is 2.39. The number of rotatable bonds is 6. The van der Waals surface area contributed by atoms with Gasteiger partial charge in [-0.3, -0.25) is 9.55 Å². The summed E-state index contributed by atoms with van der Waals surface area (Å²) in [4.78, 5) is 8.27. The fraction of sp³-hybridized carbons (Fsp3) is 0.0526. The van der Waals surface area contributed by atoms with Gasteiger partial charge in [-0.15, -0.1) is 10.2 Å². The highest BCUT2D eigenvalue weighted by atomic mass is 16.5. The Labute approximate surface area is 150 Å². The summed E-state index contributed by atoms with van der Waals surface area (Å²) in [6.07, 6.45) is 6.94. The predicted molar refractivity (Wildman–Crippen MR) is 97.4 cm³/mol. The minimum Gasteiger partial charge on any atom is -0.485 e. The minimum absolute atomic E-state index is 0.394. The van der Waals surface area contributed by atoms with Gasteiger partial charge in [0.2, 0.25) is 0 Å². The van der Waals surface area contributed by atoms with Crippen molar-refractivity contribution in [1.29, 1.82) is 0 Å². The predicted octanol–water partition coefficient (Wildman–Crippen LogP) is 3.38. The molecule has 0 saturated carbocycles. The normalized spacial score (nSPS) is 10.5. The van der Waals surface area contributed by atoms with E-state index >= 15 is 0 Å². The van der Waals surface area contributed by atoms with Crippen LogP contribution in [0.15, 0.2) is 79.5 Å². The van der Waals surface area contributed by atoms with Crippen molar-refractivity contribution in [2.24, 2.45) is 0 Å². The number of aromatic nitrogens is 5. The van der Waals surface area contributed by atoms with E-state index < -0.39 is 0 Å². The van der Waals surface area contributed by atoms with Gasteiger partial charge in [0, 0.05) is 18.6 Å². The number of ether oxygens (including phenoxy) is 1. The molecule has 0 fully saturated rings. The van der Waals surface area contributed by atoms with Crippen LogP contribution in [-0.2, 0) is 6.61 Å². The zero-order valence-corrected chi connectivity index (χ0v) is 13.9. The summed E-state index contributed by atoms with van der Waals surface area (Å²) in [6, 6.07) is 17.2. The first-order valence-corrected chi connectivity index (χ1v) is 8.09. The number of anilines is 2. The standard InChI is InChI=1S/C19H16N6O/c1-2-7-17(26-13-15-5-3-4-10-21-15)16(6-1)22-18-8-9-19(24-23-18)25-12-11-20-14-25/h1-12,14H,13H2,(H,22,23). The highest BCUT2D eigenvalue weighted by molar-refractivity contribution is 5.63. The number of para-hydroxylation sites is 2. The fourth-order valence-corrected chi connectivity index (χ4v) is 2.39. The molecule has 1 aromatic carbocycles. The number of nitrogens with zero attached hydrogens (tertiary/aromatic N) is 5. The smallest absolute Gasteiger partial charge is 0.160 e. The molecule has 3 heterocycles. The molecule has 0 bridgehead atoms. The summed E-state index contributed by atoms with van der Waals surface area (Å²) < 4.78 is 7.68. The maximum Gasteiger partial charge on any atom is 0.160 e. The van der Waals surface area contributed by atoms with Gasteiger partial charge in [0.05, 0.1) is 11.4 Å². The Morgan fingerprint density at radius 3 is 2.62 bits per heavy atom. The molecule has 1 N–H and O–H groups in total. The van der Waals surface area contributed by atoms with Crippen LogP contribution in [0.25, 0.3) is 5.82 Å². The van der Waals surface area contributed by atoms with Gasteiger partial charge in [0.15, 0.2) is 11.6 Å². The van der Waals surface area contributed by atoms with Crippen molar-refractivity contribution in [2.75, 3.05) is 5.32 Å². The van der Waals surface area contributed by atoms with Crippen molar-refractivity contribution < 1.29 is 4.74 Å². The molecule has 0 aliphatic heterocycles. The molecule has 4 aromatic rings. The highest BCUT2D eigenvalue weighted by Crippen LogP contribution is 2.27. The van der Waals surface area contributed by atoms with Gasteiger partial charge in [0.1, 0.15) is 18.7 Å². The number of benzene rings is 1. The summed E-state index contributed by atoms with van der Waals surface area (Å²) in [7, 11) is 0. The molecule has 3 aromatic heterocycles. The number of hydrogen-bond donors (Lipinski definition) is 1. The second-order valence-electron chi connectivity index (χ2n) is 5.48. The van der Waals surface area contributed by atoms with Crippen LogP contribution in [0.1, 0.15) is 5.69 Å². The van der Waals surface area contributed by atoms with E-state index in [1.165, 1.54) is 0 Å². The second-order valence-corrected chi connectivity index (χ2v) is 5.48. The number of hydrogen-bond acceptors (Lipinski definition) is 6. The first kappa shape index (κ1) is 15.8. The van der Waals surface area contributed by atoms with Crippen LogP contribution in [0, 0.1) is 0 Å². The molecule has 0 unspecified atom stereocenters. The molecule has 0 spiro atoms. The summed E-state index contributed by atoms with van der Waals surface area (Å²) in [5.74, 6) is 2.05. The summed E-state index contributed by atoms with van der Waals surface area (Å²) >= 11 is 0.